The molecule has 1 saturated carbocycles. The van der Waals surface area contributed by atoms with E-state index in [2.05, 4.69) is 0 Å². The number of carbonyl (C=O) groups is 2. The van der Waals surface area contributed by atoms with E-state index in [1.165, 1.54) is 14.0 Å². The molecule has 2 rings (SSSR count). The van der Waals surface area contributed by atoms with Crippen LogP contribution in [0.1, 0.15) is 24.8 Å². The van der Waals surface area contributed by atoms with Crippen molar-refractivity contribution in [3.63, 3.8) is 0 Å². The van der Waals surface area contributed by atoms with E-state index in [-0.39, 0.29) is 11.7 Å². The molecule has 3 nitrogen and oxygen atoms in total. The molecule has 0 aliphatic heterocycles. The van der Waals surface area contributed by atoms with Crippen molar-refractivity contribution < 1.29 is 14.3 Å². The Morgan fingerprint density at radius 1 is 1.31 bits per heavy atom. The molecule has 0 spiro atoms. The average Bonchev–Trinajstić information content (AvgIpc) is 3.06. The van der Waals surface area contributed by atoms with Crippen LogP contribution in [0.4, 0.5) is 0 Å². The van der Waals surface area contributed by atoms with Gasteiger partial charge in [-0.3, -0.25) is 9.59 Å². The fourth-order valence-corrected chi connectivity index (χ4v) is 2.29. The molecule has 84 valence electrons. The maximum absolute atomic E-state index is 11.7. The summed E-state index contributed by atoms with van der Waals surface area (Å²) >= 11 is 0. The van der Waals surface area contributed by atoms with Crippen molar-refractivity contribution in [2.24, 2.45) is 5.41 Å². The van der Waals surface area contributed by atoms with Crippen LogP contribution in [0, 0.1) is 5.41 Å². The van der Waals surface area contributed by atoms with Crippen LogP contribution in [0.2, 0.25) is 0 Å². The highest BCUT2D eigenvalue weighted by atomic mass is 16.5. The van der Waals surface area contributed by atoms with Crippen molar-refractivity contribution in [3.8, 4) is 0 Å². The second kappa shape index (κ2) is 3.74. The quantitative estimate of drug-likeness (QED) is 0.575. The molecule has 0 amide bonds. The molecule has 0 saturated heterocycles. The summed E-state index contributed by atoms with van der Waals surface area (Å²) in [6.45, 7) is 1.46. The summed E-state index contributed by atoms with van der Waals surface area (Å²) in [4.78, 5) is 23.3. The number of rotatable bonds is 3. The fraction of sp³-hybridized carbons (Fsp3) is 0.385. The molecule has 16 heavy (non-hydrogen) atoms. The van der Waals surface area contributed by atoms with Gasteiger partial charge in [-0.2, -0.15) is 0 Å². The van der Waals surface area contributed by atoms with Gasteiger partial charge in [0.1, 0.15) is 11.2 Å². The van der Waals surface area contributed by atoms with Crippen LogP contribution >= 0.6 is 0 Å². The summed E-state index contributed by atoms with van der Waals surface area (Å²) in [6.07, 6.45) is 0.568. The Morgan fingerprint density at radius 2 is 1.94 bits per heavy atom. The van der Waals surface area contributed by atoms with E-state index in [1.807, 2.05) is 30.3 Å². The summed E-state index contributed by atoms with van der Waals surface area (Å²) < 4.78 is 4.73. The van der Waals surface area contributed by atoms with Crippen molar-refractivity contribution in [1.82, 2.24) is 0 Å². The number of ketones is 1. The van der Waals surface area contributed by atoms with Crippen LogP contribution < -0.4 is 0 Å². The number of carbonyl (C=O) groups excluding carboxylic acids is 2. The van der Waals surface area contributed by atoms with Gasteiger partial charge in [0.25, 0.3) is 0 Å². The van der Waals surface area contributed by atoms with Gasteiger partial charge in [-0.15, -0.1) is 0 Å². The lowest BCUT2D eigenvalue weighted by atomic mass is 9.95. The number of esters is 1. The zero-order valence-corrected chi connectivity index (χ0v) is 9.40. The van der Waals surface area contributed by atoms with E-state index in [0.29, 0.717) is 6.42 Å². The molecule has 1 aromatic rings. The average molecular weight is 218 g/mol. The Morgan fingerprint density at radius 3 is 2.44 bits per heavy atom. The standard InChI is InChI=1S/C13H14O3/c1-9(14)13(12(15)16-2)8-11(13)10-6-4-3-5-7-10/h3-7,11H,8H2,1-2H3/t11-,13+/m1/s1. The highest BCUT2D eigenvalue weighted by Crippen LogP contribution is 2.60. The number of ether oxygens (including phenoxy) is 1. The maximum Gasteiger partial charge on any atom is 0.319 e. The molecule has 1 fully saturated rings. The smallest absolute Gasteiger partial charge is 0.319 e. The molecule has 1 aliphatic rings. The highest BCUT2D eigenvalue weighted by Gasteiger charge is 2.65. The lowest BCUT2D eigenvalue weighted by molar-refractivity contribution is -0.151. The Hall–Kier alpha value is -1.64. The molecule has 0 bridgehead atoms. The monoisotopic (exact) mass is 218 g/mol. The predicted molar refractivity (Wildman–Crippen MR) is 58.9 cm³/mol. The topological polar surface area (TPSA) is 43.4 Å². The van der Waals surface area contributed by atoms with E-state index < -0.39 is 11.4 Å². The molecular formula is C13H14O3. The molecular weight excluding hydrogens is 204 g/mol. The first kappa shape index (κ1) is 10.9. The van der Waals surface area contributed by atoms with Gasteiger partial charge in [-0.1, -0.05) is 30.3 Å². The Bertz CT molecular complexity index is 424. The number of hydrogen-bond donors (Lipinski definition) is 0. The molecule has 0 radical (unpaired) electrons. The van der Waals surface area contributed by atoms with Gasteiger partial charge in [-0.25, -0.2) is 0 Å². The number of benzene rings is 1. The van der Waals surface area contributed by atoms with Crippen LogP contribution in [0.25, 0.3) is 0 Å². The van der Waals surface area contributed by atoms with Gasteiger partial charge in [0.2, 0.25) is 0 Å². The molecule has 0 aromatic heterocycles. The third kappa shape index (κ3) is 1.43. The fourth-order valence-electron chi connectivity index (χ4n) is 2.29. The maximum atomic E-state index is 11.7. The van der Waals surface area contributed by atoms with Crippen molar-refractivity contribution in [2.45, 2.75) is 19.3 Å². The number of Topliss-reactive ketones (excluding diaryl/α,β-unsaturated/α-hetero) is 1. The number of hydrogen-bond acceptors (Lipinski definition) is 3. The first-order chi connectivity index (χ1) is 7.63. The van der Waals surface area contributed by atoms with E-state index in [1.54, 1.807) is 0 Å². The van der Waals surface area contributed by atoms with Gasteiger partial charge in [-0.05, 0) is 18.9 Å². The lowest BCUT2D eigenvalue weighted by Crippen LogP contribution is -2.26. The van der Waals surface area contributed by atoms with Crippen molar-refractivity contribution in [3.05, 3.63) is 35.9 Å². The van der Waals surface area contributed by atoms with E-state index in [9.17, 15) is 9.59 Å². The second-order valence-electron chi connectivity index (χ2n) is 4.19. The second-order valence-corrected chi connectivity index (χ2v) is 4.19. The van der Waals surface area contributed by atoms with E-state index in [4.69, 9.17) is 4.74 Å². The Balaban J connectivity index is 2.30. The zero-order valence-electron chi connectivity index (χ0n) is 9.40. The van der Waals surface area contributed by atoms with E-state index >= 15 is 0 Å². The largest absolute Gasteiger partial charge is 0.468 e. The Kier molecular flexibility index (Phi) is 2.54. The molecule has 0 heterocycles. The molecule has 1 aromatic carbocycles. The van der Waals surface area contributed by atoms with Crippen molar-refractivity contribution >= 4 is 11.8 Å². The van der Waals surface area contributed by atoms with Gasteiger partial charge < -0.3 is 4.74 Å². The summed E-state index contributed by atoms with van der Waals surface area (Å²) in [7, 11) is 1.33. The van der Waals surface area contributed by atoms with Crippen LogP contribution in [0.15, 0.2) is 30.3 Å². The first-order valence-electron chi connectivity index (χ1n) is 5.27. The number of methoxy groups -OCH3 is 1. The Labute approximate surface area is 94.4 Å². The summed E-state index contributed by atoms with van der Waals surface area (Å²) in [5, 5.41) is 0. The molecule has 2 atom stereocenters. The SMILES string of the molecule is COC(=O)[C@]1(C(C)=O)C[C@@H]1c1ccccc1. The van der Waals surface area contributed by atoms with Crippen LogP contribution in [-0.4, -0.2) is 18.9 Å². The molecule has 3 heteroatoms. The normalized spacial score (nSPS) is 27.2. The van der Waals surface area contributed by atoms with Gasteiger partial charge in [0.05, 0.1) is 7.11 Å². The minimum Gasteiger partial charge on any atom is -0.468 e. The van der Waals surface area contributed by atoms with Gasteiger partial charge >= 0.3 is 5.97 Å². The lowest BCUT2D eigenvalue weighted by Gasteiger charge is -2.11. The zero-order chi connectivity index (χ0) is 11.8. The van der Waals surface area contributed by atoms with Crippen molar-refractivity contribution in [2.75, 3.05) is 7.11 Å². The van der Waals surface area contributed by atoms with Gasteiger partial charge in [0, 0.05) is 5.92 Å². The molecule has 0 unspecified atom stereocenters. The van der Waals surface area contributed by atoms with Crippen LogP contribution in [0.5, 0.6) is 0 Å². The highest BCUT2D eigenvalue weighted by molar-refractivity contribution is 6.07. The van der Waals surface area contributed by atoms with Crippen LogP contribution in [0.3, 0.4) is 0 Å². The van der Waals surface area contributed by atoms with Crippen molar-refractivity contribution in [1.29, 1.82) is 0 Å². The third-order valence-corrected chi connectivity index (χ3v) is 3.34. The first-order valence-corrected chi connectivity index (χ1v) is 5.27. The van der Waals surface area contributed by atoms with Gasteiger partial charge in [0.15, 0.2) is 0 Å². The third-order valence-electron chi connectivity index (χ3n) is 3.34. The summed E-state index contributed by atoms with van der Waals surface area (Å²) in [5.41, 5.74) is 0.110. The predicted octanol–water partition coefficient (Wildman–Crippen LogP) is 1.92. The van der Waals surface area contributed by atoms with E-state index in [0.717, 1.165) is 5.56 Å². The minimum atomic E-state index is -0.921. The van der Waals surface area contributed by atoms with Crippen LogP contribution in [-0.2, 0) is 14.3 Å². The molecule has 0 N–H and O–H groups in total. The minimum absolute atomic E-state index is 0.0151. The molecule has 1 aliphatic carbocycles. The summed E-state index contributed by atoms with van der Waals surface area (Å²) in [5.74, 6) is -0.527. The summed E-state index contributed by atoms with van der Waals surface area (Å²) in [6, 6.07) is 9.63.